The molecule has 2 atom stereocenters. The third-order valence-corrected chi connectivity index (χ3v) is 5.79. The zero-order valence-corrected chi connectivity index (χ0v) is 15.4. The van der Waals surface area contributed by atoms with Crippen LogP contribution in [-0.4, -0.2) is 31.6 Å². The van der Waals surface area contributed by atoms with Gasteiger partial charge in [0.15, 0.2) is 0 Å². The molecule has 3 heteroatoms. The fourth-order valence-corrected chi connectivity index (χ4v) is 4.27. The number of halogens is 1. The standard InChI is InChI=1S/C18H29BrN2/c1-5-13(6-2)18(21(3)4)12-20-17-11-10-14-15(17)8-7-9-16(14)19/h7-9,13,17-18,20H,5-6,10-12H2,1-4H3. The molecule has 0 radical (unpaired) electrons. The number of fused-ring (bicyclic) bond motifs is 1. The molecule has 0 bridgehead atoms. The van der Waals surface area contributed by atoms with E-state index in [1.165, 1.54) is 41.3 Å². The van der Waals surface area contributed by atoms with Gasteiger partial charge >= 0.3 is 0 Å². The molecule has 118 valence electrons. The van der Waals surface area contributed by atoms with Crippen molar-refractivity contribution in [3.05, 3.63) is 33.8 Å². The first-order chi connectivity index (χ1) is 10.1. The molecule has 2 nitrogen and oxygen atoms in total. The molecule has 1 N–H and O–H groups in total. The van der Waals surface area contributed by atoms with Gasteiger partial charge in [0.2, 0.25) is 0 Å². The number of likely N-dealkylation sites (N-methyl/N-ethyl adjacent to an activating group) is 1. The Kier molecular flexibility index (Phi) is 6.27. The van der Waals surface area contributed by atoms with E-state index >= 15 is 0 Å². The first-order valence-corrected chi connectivity index (χ1v) is 9.04. The molecule has 2 rings (SSSR count). The normalized spacial score (nSPS) is 19.3. The van der Waals surface area contributed by atoms with Gasteiger partial charge in [0.05, 0.1) is 0 Å². The maximum atomic E-state index is 3.83. The van der Waals surface area contributed by atoms with E-state index in [9.17, 15) is 0 Å². The van der Waals surface area contributed by atoms with Crippen molar-refractivity contribution in [3.63, 3.8) is 0 Å². The summed E-state index contributed by atoms with van der Waals surface area (Å²) in [7, 11) is 4.42. The van der Waals surface area contributed by atoms with E-state index in [1.54, 1.807) is 0 Å². The summed E-state index contributed by atoms with van der Waals surface area (Å²) in [6.07, 6.45) is 4.93. The molecule has 2 unspecified atom stereocenters. The second-order valence-electron chi connectivity index (χ2n) is 6.41. The fraction of sp³-hybridized carbons (Fsp3) is 0.667. The lowest BCUT2D eigenvalue weighted by Gasteiger charge is -2.32. The van der Waals surface area contributed by atoms with Crippen LogP contribution < -0.4 is 5.32 Å². The summed E-state index contributed by atoms with van der Waals surface area (Å²) in [6.45, 7) is 5.70. The molecular weight excluding hydrogens is 324 g/mol. The molecule has 0 aromatic heterocycles. The van der Waals surface area contributed by atoms with Gasteiger partial charge in [-0.05, 0) is 50.0 Å². The first kappa shape index (κ1) is 17.0. The minimum atomic E-state index is 0.523. The van der Waals surface area contributed by atoms with Crippen molar-refractivity contribution >= 4 is 15.9 Å². The second kappa shape index (κ2) is 7.75. The van der Waals surface area contributed by atoms with Crippen LogP contribution in [0.1, 0.15) is 50.3 Å². The molecule has 1 aliphatic rings. The van der Waals surface area contributed by atoms with Crippen molar-refractivity contribution in [2.45, 2.75) is 51.6 Å². The molecule has 1 aromatic rings. The molecule has 0 saturated carbocycles. The third-order valence-electron chi connectivity index (χ3n) is 5.04. The molecule has 0 fully saturated rings. The van der Waals surface area contributed by atoms with Crippen molar-refractivity contribution < 1.29 is 0 Å². The van der Waals surface area contributed by atoms with Crippen LogP contribution >= 0.6 is 15.9 Å². The smallest absolute Gasteiger partial charge is 0.0327 e. The minimum Gasteiger partial charge on any atom is -0.308 e. The average Bonchev–Trinajstić information content (AvgIpc) is 2.88. The summed E-state index contributed by atoms with van der Waals surface area (Å²) in [4.78, 5) is 2.39. The highest BCUT2D eigenvalue weighted by Crippen LogP contribution is 2.35. The Morgan fingerprint density at radius 2 is 2.00 bits per heavy atom. The lowest BCUT2D eigenvalue weighted by Crippen LogP contribution is -2.43. The summed E-state index contributed by atoms with van der Waals surface area (Å²) >= 11 is 3.69. The molecule has 0 heterocycles. The molecule has 21 heavy (non-hydrogen) atoms. The van der Waals surface area contributed by atoms with Crippen LogP contribution in [0.2, 0.25) is 0 Å². The van der Waals surface area contributed by atoms with E-state index < -0.39 is 0 Å². The van der Waals surface area contributed by atoms with Crippen LogP contribution in [0, 0.1) is 5.92 Å². The fourth-order valence-electron chi connectivity index (χ4n) is 3.69. The third kappa shape index (κ3) is 3.88. The van der Waals surface area contributed by atoms with Crippen LogP contribution in [0.25, 0.3) is 0 Å². The van der Waals surface area contributed by atoms with Crippen molar-refractivity contribution in [3.8, 4) is 0 Å². The van der Waals surface area contributed by atoms with E-state index in [1.807, 2.05) is 0 Å². The Labute approximate surface area is 138 Å². The Morgan fingerprint density at radius 1 is 1.29 bits per heavy atom. The van der Waals surface area contributed by atoms with Crippen molar-refractivity contribution in [1.29, 1.82) is 0 Å². The number of benzene rings is 1. The molecule has 1 aliphatic carbocycles. The summed E-state index contributed by atoms with van der Waals surface area (Å²) < 4.78 is 1.27. The molecule has 0 saturated heterocycles. The minimum absolute atomic E-state index is 0.523. The van der Waals surface area contributed by atoms with E-state index in [2.05, 4.69) is 72.3 Å². The van der Waals surface area contributed by atoms with Gasteiger partial charge in [-0.2, -0.15) is 0 Å². The maximum absolute atomic E-state index is 3.83. The predicted molar refractivity (Wildman–Crippen MR) is 94.8 cm³/mol. The SMILES string of the molecule is CCC(CC)C(CNC1CCc2c(Br)cccc21)N(C)C. The van der Waals surface area contributed by atoms with E-state index in [4.69, 9.17) is 0 Å². The average molecular weight is 353 g/mol. The summed E-state index contributed by atoms with van der Waals surface area (Å²) in [6, 6.07) is 7.75. The van der Waals surface area contributed by atoms with E-state index in [0.717, 1.165) is 12.5 Å². The van der Waals surface area contributed by atoms with Crippen molar-refractivity contribution in [2.75, 3.05) is 20.6 Å². The second-order valence-corrected chi connectivity index (χ2v) is 7.27. The van der Waals surface area contributed by atoms with Gasteiger partial charge in [0, 0.05) is 23.1 Å². The van der Waals surface area contributed by atoms with E-state index in [0.29, 0.717) is 12.1 Å². The number of rotatable bonds is 7. The summed E-state index contributed by atoms with van der Waals surface area (Å²) in [5.74, 6) is 0.774. The van der Waals surface area contributed by atoms with Gasteiger partial charge in [0.25, 0.3) is 0 Å². The quantitative estimate of drug-likeness (QED) is 0.782. The lowest BCUT2D eigenvalue weighted by molar-refractivity contribution is 0.189. The number of hydrogen-bond donors (Lipinski definition) is 1. The monoisotopic (exact) mass is 352 g/mol. The van der Waals surface area contributed by atoms with Gasteiger partial charge in [-0.15, -0.1) is 0 Å². The Balaban J connectivity index is 2.02. The van der Waals surface area contributed by atoms with Gasteiger partial charge < -0.3 is 10.2 Å². The van der Waals surface area contributed by atoms with Crippen LogP contribution in [-0.2, 0) is 6.42 Å². The van der Waals surface area contributed by atoms with Crippen LogP contribution in [0.15, 0.2) is 22.7 Å². The zero-order valence-electron chi connectivity index (χ0n) is 13.8. The molecule has 1 aromatic carbocycles. The molecule has 0 aliphatic heterocycles. The van der Waals surface area contributed by atoms with Gasteiger partial charge in [-0.25, -0.2) is 0 Å². The predicted octanol–water partition coefficient (Wildman–Crippen LogP) is 4.39. The summed E-state index contributed by atoms with van der Waals surface area (Å²) in [5, 5.41) is 3.83. The topological polar surface area (TPSA) is 15.3 Å². The highest BCUT2D eigenvalue weighted by molar-refractivity contribution is 9.10. The number of nitrogens with one attached hydrogen (secondary N) is 1. The highest BCUT2D eigenvalue weighted by Gasteiger charge is 2.26. The van der Waals surface area contributed by atoms with Crippen LogP contribution in [0.3, 0.4) is 0 Å². The maximum Gasteiger partial charge on any atom is 0.0327 e. The summed E-state index contributed by atoms with van der Waals surface area (Å²) in [5.41, 5.74) is 2.99. The number of hydrogen-bond acceptors (Lipinski definition) is 2. The highest BCUT2D eigenvalue weighted by atomic mass is 79.9. The Morgan fingerprint density at radius 3 is 2.62 bits per heavy atom. The van der Waals surface area contributed by atoms with Crippen molar-refractivity contribution in [2.24, 2.45) is 5.92 Å². The number of nitrogens with zero attached hydrogens (tertiary/aromatic N) is 1. The van der Waals surface area contributed by atoms with Crippen LogP contribution in [0.5, 0.6) is 0 Å². The lowest BCUT2D eigenvalue weighted by atomic mass is 9.93. The Bertz CT molecular complexity index is 455. The zero-order chi connectivity index (χ0) is 15.4. The molecule has 0 amide bonds. The van der Waals surface area contributed by atoms with Gasteiger partial charge in [0.1, 0.15) is 0 Å². The van der Waals surface area contributed by atoms with Gasteiger partial charge in [-0.1, -0.05) is 54.8 Å². The molecule has 0 spiro atoms. The Hall–Kier alpha value is -0.380. The largest absolute Gasteiger partial charge is 0.308 e. The van der Waals surface area contributed by atoms with E-state index in [-0.39, 0.29) is 0 Å². The van der Waals surface area contributed by atoms with Gasteiger partial charge in [-0.3, -0.25) is 0 Å². The van der Waals surface area contributed by atoms with Crippen molar-refractivity contribution in [1.82, 2.24) is 10.2 Å². The molecular formula is C18H29BrN2. The first-order valence-electron chi connectivity index (χ1n) is 8.25. The van der Waals surface area contributed by atoms with Crippen LogP contribution in [0.4, 0.5) is 0 Å².